The molecule has 8 heteroatoms. The van der Waals surface area contributed by atoms with E-state index in [4.69, 9.17) is 21.6 Å². The van der Waals surface area contributed by atoms with Gasteiger partial charge in [-0.05, 0) is 26.0 Å². The van der Waals surface area contributed by atoms with Gasteiger partial charge in [0, 0.05) is 24.2 Å². The van der Waals surface area contributed by atoms with Crippen molar-refractivity contribution in [2.24, 2.45) is 0 Å². The summed E-state index contributed by atoms with van der Waals surface area (Å²) in [7, 11) is 1.57. The number of hydrogen-bond donors (Lipinski definition) is 0. The molecule has 26 heavy (non-hydrogen) atoms. The second-order valence-corrected chi connectivity index (χ2v) is 7.09. The fraction of sp³-hybridized carbons (Fsp3) is 0.333. The minimum atomic E-state index is -0.942. The number of benzene rings is 1. The first-order valence-electron chi connectivity index (χ1n) is 7.89. The van der Waals surface area contributed by atoms with E-state index in [9.17, 15) is 9.59 Å². The summed E-state index contributed by atoms with van der Waals surface area (Å²) in [5, 5.41) is 9.82. The van der Waals surface area contributed by atoms with Crippen molar-refractivity contribution in [3.8, 4) is 16.6 Å². The highest BCUT2D eigenvalue weighted by atomic mass is 35.5. The van der Waals surface area contributed by atoms with Crippen LogP contribution in [0.5, 0.6) is 0 Å². The van der Waals surface area contributed by atoms with Crippen LogP contribution in [-0.4, -0.2) is 41.5 Å². The van der Waals surface area contributed by atoms with Crippen molar-refractivity contribution >= 4 is 34.8 Å². The topological polar surface area (TPSA) is 83.3 Å². The molecular weight excluding hydrogens is 374 g/mol. The van der Waals surface area contributed by atoms with Gasteiger partial charge < -0.3 is 9.64 Å². The van der Waals surface area contributed by atoms with Crippen molar-refractivity contribution < 1.29 is 14.3 Å². The fourth-order valence-electron chi connectivity index (χ4n) is 2.23. The third-order valence-electron chi connectivity index (χ3n) is 3.62. The number of ether oxygens (including phenoxy) is 1. The smallest absolute Gasteiger partial charge is 0.351 e. The van der Waals surface area contributed by atoms with Crippen molar-refractivity contribution in [2.45, 2.75) is 26.4 Å². The Morgan fingerprint density at radius 2 is 2.19 bits per heavy atom. The van der Waals surface area contributed by atoms with Gasteiger partial charge in [0.1, 0.15) is 9.88 Å². The summed E-state index contributed by atoms with van der Waals surface area (Å²) in [6.07, 6.45) is -0.720. The van der Waals surface area contributed by atoms with Crippen LogP contribution < -0.4 is 0 Å². The van der Waals surface area contributed by atoms with Gasteiger partial charge in [0.2, 0.25) is 0 Å². The maximum atomic E-state index is 12.4. The zero-order chi connectivity index (χ0) is 19.3. The zero-order valence-corrected chi connectivity index (χ0v) is 16.2. The van der Waals surface area contributed by atoms with E-state index in [0.29, 0.717) is 20.6 Å². The van der Waals surface area contributed by atoms with Gasteiger partial charge in [-0.1, -0.05) is 23.7 Å². The van der Waals surface area contributed by atoms with Crippen molar-refractivity contribution in [3.05, 3.63) is 39.9 Å². The number of esters is 1. The van der Waals surface area contributed by atoms with Crippen LogP contribution in [0.1, 0.15) is 28.7 Å². The van der Waals surface area contributed by atoms with Gasteiger partial charge in [-0.15, -0.1) is 11.3 Å². The summed E-state index contributed by atoms with van der Waals surface area (Å²) >= 11 is 7.19. The van der Waals surface area contributed by atoms with Crippen molar-refractivity contribution in [1.82, 2.24) is 9.88 Å². The Morgan fingerprint density at radius 1 is 1.46 bits per heavy atom. The predicted molar refractivity (Wildman–Crippen MR) is 100 cm³/mol. The zero-order valence-electron chi connectivity index (χ0n) is 14.7. The first-order chi connectivity index (χ1) is 12.3. The molecule has 0 saturated carbocycles. The minimum absolute atomic E-state index is 0.222. The molecule has 6 nitrogen and oxygen atoms in total. The van der Waals surface area contributed by atoms with Crippen LogP contribution >= 0.6 is 22.9 Å². The number of rotatable bonds is 6. The van der Waals surface area contributed by atoms with Gasteiger partial charge >= 0.3 is 5.97 Å². The van der Waals surface area contributed by atoms with E-state index in [1.807, 2.05) is 18.2 Å². The lowest BCUT2D eigenvalue weighted by Gasteiger charge is -2.20. The van der Waals surface area contributed by atoms with Gasteiger partial charge in [-0.2, -0.15) is 5.26 Å². The van der Waals surface area contributed by atoms with E-state index in [1.165, 1.54) is 23.2 Å². The highest BCUT2D eigenvalue weighted by Crippen LogP contribution is 2.30. The van der Waals surface area contributed by atoms with E-state index >= 15 is 0 Å². The lowest BCUT2D eigenvalue weighted by Crippen LogP contribution is -2.37. The molecule has 1 aromatic heterocycles. The van der Waals surface area contributed by atoms with E-state index in [1.54, 1.807) is 26.1 Å². The molecule has 0 fully saturated rings. The maximum absolute atomic E-state index is 12.4. The summed E-state index contributed by atoms with van der Waals surface area (Å²) in [5.41, 5.74) is 1.34. The number of amides is 1. The van der Waals surface area contributed by atoms with Crippen molar-refractivity contribution in [1.29, 1.82) is 5.26 Å². The van der Waals surface area contributed by atoms with E-state index in [2.05, 4.69) is 4.98 Å². The molecule has 0 aliphatic heterocycles. The Kier molecular flexibility index (Phi) is 6.72. The van der Waals surface area contributed by atoms with E-state index in [0.717, 1.165) is 5.56 Å². The number of halogens is 1. The van der Waals surface area contributed by atoms with Crippen LogP contribution in [0.4, 0.5) is 0 Å². The van der Waals surface area contributed by atoms with Crippen LogP contribution in [0.15, 0.2) is 24.3 Å². The molecule has 0 spiro atoms. The number of hydrogen-bond acceptors (Lipinski definition) is 6. The third kappa shape index (κ3) is 4.81. The molecule has 2 rings (SSSR count). The molecule has 0 N–H and O–H groups in total. The molecule has 1 amide bonds. The fourth-order valence-corrected chi connectivity index (χ4v) is 3.37. The highest BCUT2D eigenvalue weighted by Gasteiger charge is 2.25. The summed E-state index contributed by atoms with van der Waals surface area (Å²) in [6.45, 7) is 3.51. The van der Waals surface area contributed by atoms with Crippen LogP contribution in [0.2, 0.25) is 5.02 Å². The number of nitrogens with zero attached hydrogens (tertiary/aromatic N) is 3. The first kappa shape index (κ1) is 19.9. The average molecular weight is 392 g/mol. The Balaban J connectivity index is 2.10. The van der Waals surface area contributed by atoms with Crippen LogP contribution in [0.25, 0.3) is 10.6 Å². The standard InChI is InChI=1S/C18H18ClN3O3S/c1-11-15(26-16(21-11)13-6-4-7-14(19)10-13)18(24)25-12(2)17(23)22(3)9-5-8-20/h4,6-7,10,12H,5,9H2,1-3H3/t12-/m1/s1. The molecule has 0 unspecified atom stereocenters. The van der Waals surface area contributed by atoms with Gasteiger partial charge in [-0.3, -0.25) is 4.79 Å². The summed E-state index contributed by atoms with van der Waals surface area (Å²) in [5.74, 6) is -0.950. The summed E-state index contributed by atoms with van der Waals surface area (Å²) < 4.78 is 5.28. The molecule has 1 aromatic carbocycles. The van der Waals surface area contributed by atoms with E-state index in [-0.39, 0.29) is 18.9 Å². The van der Waals surface area contributed by atoms with Crippen LogP contribution in [0, 0.1) is 18.3 Å². The minimum Gasteiger partial charge on any atom is -0.448 e. The second-order valence-electron chi connectivity index (χ2n) is 5.66. The molecule has 136 valence electrons. The van der Waals surface area contributed by atoms with Crippen molar-refractivity contribution in [3.63, 3.8) is 0 Å². The lowest BCUT2D eigenvalue weighted by atomic mass is 10.2. The number of carbonyl (C=O) groups is 2. The first-order valence-corrected chi connectivity index (χ1v) is 9.09. The third-order valence-corrected chi connectivity index (χ3v) is 5.04. The second kappa shape index (κ2) is 8.79. The van der Waals surface area contributed by atoms with Crippen LogP contribution in [0.3, 0.4) is 0 Å². The Bertz CT molecular complexity index is 860. The molecule has 1 heterocycles. The van der Waals surface area contributed by atoms with Crippen molar-refractivity contribution in [2.75, 3.05) is 13.6 Å². The van der Waals surface area contributed by atoms with E-state index < -0.39 is 12.1 Å². The number of carbonyl (C=O) groups excluding carboxylic acids is 2. The largest absolute Gasteiger partial charge is 0.448 e. The molecule has 0 bridgehead atoms. The van der Waals surface area contributed by atoms with Gasteiger partial charge in [0.25, 0.3) is 5.91 Å². The van der Waals surface area contributed by atoms with Gasteiger partial charge in [0.15, 0.2) is 6.10 Å². The number of likely N-dealkylation sites (N-methyl/N-ethyl adjacent to an activating group) is 1. The Hall–Kier alpha value is -2.43. The normalized spacial score (nSPS) is 11.5. The number of aryl methyl sites for hydroxylation is 1. The SMILES string of the molecule is Cc1nc(-c2cccc(Cl)c2)sc1C(=O)O[C@H](C)C(=O)N(C)CCC#N. The highest BCUT2D eigenvalue weighted by molar-refractivity contribution is 7.17. The lowest BCUT2D eigenvalue weighted by molar-refractivity contribution is -0.138. The molecule has 0 radical (unpaired) electrons. The molecular formula is C18H18ClN3O3S. The number of nitriles is 1. The number of aromatic nitrogens is 1. The Labute approximate surface area is 161 Å². The molecule has 0 aliphatic carbocycles. The van der Waals surface area contributed by atoms with Gasteiger partial charge in [0.05, 0.1) is 18.2 Å². The summed E-state index contributed by atoms with van der Waals surface area (Å²) in [4.78, 5) is 30.7. The summed E-state index contributed by atoms with van der Waals surface area (Å²) in [6, 6.07) is 9.17. The molecule has 0 aliphatic rings. The monoisotopic (exact) mass is 391 g/mol. The molecule has 2 aromatic rings. The number of thiazole rings is 1. The van der Waals surface area contributed by atoms with Crippen LogP contribution in [-0.2, 0) is 9.53 Å². The average Bonchev–Trinajstić information content (AvgIpc) is 3.00. The van der Waals surface area contributed by atoms with Gasteiger partial charge in [-0.25, -0.2) is 9.78 Å². The Morgan fingerprint density at radius 3 is 2.85 bits per heavy atom. The predicted octanol–water partition coefficient (Wildman–Crippen LogP) is 3.69. The quantitative estimate of drug-likeness (QED) is 0.701. The maximum Gasteiger partial charge on any atom is 0.351 e. The molecule has 0 saturated heterocycles. The molecule has 1 atom stereocenters.